The van der Waals surface area contributed by atoms with Gasteiger partial charge < -0.3 is 5.73 Å². The van der Waals surface area contributed by atoms with E-state index in [1.165, 1.54) is 11.3 Å². The normalized spacial score (nSPS) is 10.3. The minimum atomic E-state index is -0.370. The third kappa shape index (κ3) is 3.19. The van der Waals surface area contributed by atoms with Crippen LogP contribution in [0, 0.1) is 0 Å². The molecule has 2 rings (SSSR count). The smallest absolute Gasteiger partial charge is 0.294 e. The molecule has 0 saturated carbocycles. The monoisotopic (exact) mass is 281 g/mol. The van der Waals surface area contributed by atoms with Gasteiger partial charge in [0, 0.05) is 22.2 Å². The SMILES string of the molecule is NNC(=O)c1nc(CSc2ccc(N)nc2)cs1. The second kappa shape index (κ2) is 5.80. The van der Waals surface area contributed by atoms with Crippen molar-refractivity contribution in [3.63, 3.8) is 0 Å². The van der Waals surface area contributed by atoms with Crippen molar-refractivity contribution in [2.75, 3.05) is 5.73 Å². The lowest BCUT2D eigenvalue weighted by Crippen LogP contribution is -2.29. The first kappa shape index (κ1) is 12.8. The van der Waals surface area contributed by atoms with E-state index in [1.54, 1.807) is 24.0 Å². The van der Waals surface area contributed by atoms with Crippen molar-refractivity contribution in [1.82, 2.24) is 15.4 Å². The molecule has 8 heteroatoms. The quantitative estimate of drug-likeness (QED) is 0.334. The first-order valence-corrected chi connectivity index (χ1v) is 6.85. The molecule has 5 N–H and O–H groups in total. The second-order valence-electron chi connectivity index (χ2n) is 3.32. The Morgan fingerprint density at radius 3 is 3.00 bits per heavy atom. The number of nitrogens with two attached hydrogens (primary N) is 2. The molecule has 0 aliphatic heterocycles. The Bertz CT molecular complexity index is 539. The standard InChI is InChI=1S/C10H11N5OS2/c11-8-2-1-7(3-13-8)17-4-6-5-18-10(14-6)9(16)15-12/h1-3,5H,4,12H2,(H2,11,13)(H,15,16). The number of nitrogens with zero attached hydrogens (tertiary/aromatic N) is 2. The van der Waals surface area contributed by atoms with Gasteiger partial charge >= 0.3 is 0 Å². The first-order valence-electron chi connectivity index (χ1n) is 4.98. The molecule has 0 atom stereocenters. The van der Waals surface area contributed by atoms with Crippen molar-refractivity contribution in [3.8, 4) is 0 Å². The lowest BCUT2D eigenvalue weighted by molar-refractivity contribution is 0.0953. The van der Waals surface area contributed by atoms with Crippen LogP contribution in [0.15, 0.2) is 28.6 Å². The third-order valence-electron chi connectivity index (χ3n) is 2.02. The van der Waals surface area contributed by atoms with Crippen LogP contribution in [0.3, 0.4) is 0 Å². The fourth-order valence-corrected chi connectivity index (χ4v) is 2.75. The zero-order chi connectivity index (χ0) is 13.0. The highest BCUT2D eigenvalue weighted by Gasteiger charge is 2.09. The molecule has 0 spiro atoms. The molecule has 0 saturated heterocycles. The number of pyridine rings is 1. The van der Waals surface area contributed by atoms with Gasteiger partial charge in [-0.15, -0.1) is 23.1 Å². The molecular weight excluding hydrogens is 270 g/mol. The van der Waals surface area contributed by atoms with Crippen molar-refractivity contribution in [2.45, 2.75) is 10.6 Å². The minimum absolute atomic E-state index is 0.364. The van der Waals surface area contributed by atoms with Gasteiger partial charge in [-0.05, 0) is 12.1 Å². The zero-order valence-electron chi connectivity index (χ0n) is 9.29. The highest BCUT2D eigenvalue weighted by Crippen LogP contribution is 2.23. The van der Waals surface area contributed by atoms with Gasteiger partial charge in [-0.2, -0.15) is 0 Å². The number of hydrogen-bond donors (Lipinski definition) is 3. The number of rotatable bonds is 4. The number of carbonyl (C=O) groups is 1. The van der Waals surface area contributed by atoms with E-state index in [1.807, 2.05) is 11.4 Å². The number of thioether (sulfide) groups is 1. The van der Waals surface area contributed by atoms with Crippen LogP contribution in [0.5, 0.6) is 0 Å². The summed E-state index contributed by atoms with van der Waals surface area (Å²) < 4.78 is 0. The number of anilines is 1. The van der Waals surface area contributed by atoms with Crippen LogP contribution in [0.25, 0.3) is 0 Å². The summed E-state index contributed by atoms with van der Waals surface area (Å²) in [6.45, 7) is 0. The zero-order valence-corrected chi connectivity index (χ0v) is 10.9. The van der Waals surface area contributed by atoms with Gasteiger partial charge in [0.2, 0.25) is 0 Å². The Morgan fingerprint density at radius 2 is 2.33 bits per heavy atom. The summed E-state index contributed by atoms with van der Waals surface area (Å²) in [5.41, 5.74) is 8.39. The predicted octanol–water partition coefficient (Wildman–Crippen LogP) is 1.02. The molecule has 6 nitrogen and oxygen atoms in total. The number of hydrazine groups is 1. The van der Waals surface area contributed by atoms with Crippen molar-refractivity contribution in [2.24, 2.45) is 5.84 Å². The minimum Gasteiger partial charge on any atom is -0.384 e. The van der Waals surface area contributed by atoms with E-state index in [-0.39, 0.29) is 5.91 Å². The van der Waals surface area contributed by atoms with E-state index in [0.29, 0.717) is 16.6 Å². The van der Waals surface area contributed by atoms with Gasteiger partial charge in [0.15, 0.2) is 5.01 Å². The number of nitrogens with one attached hydrogen (secondary N) is 1. The van der Waals surface area contributed by atoms with E-state index in [0.717, 1.165) is 10.6 Å². The highest BCUT2D eigenvalue weighted by molar-refractivity contribution is 7.98. The van der Waals surface area contributed by atoms with E-state index >= 15 is 0 Å². The molecule has 0 radical (unpaired) electrons. The largest absolute Gasteiger partial charge is 0.384 e. The maximum atomic E-state index is 11.2. The van der Waals surface area contributed by atoms with Crippen LogP contribution in [-0.2, 0) is 5.75 Å². The number of amides is 1. The van der Waals surface area contributed by atoms with Crippen molar-refractivity contribution >= 4 is 34.8 Å². The maximum Gasteiger partial charge on any atom is 0.294 e. The summed E-state index contributed by atoms with van der Waals surface area (Å²) in [7, 11) is 0. The Morgan fingerprint density at radius 1 is 1.50 bits per heavy atom. The van der Waals surface area contributed by atoms with Crippen LogP contribution in [0.4, 0.5) is 5.82 Å². The number of aromatic nitrogens is 2. The molecule has 2 heterocycles. The predicted molar refractivity (Wildman–Crippen MR) is 72.0 cm³/mol. The molecule has 2 aromatic rings. The molecular formula is C10H11N5OS2. The average molecular weight is 281 g/mol. The number of hydrogen-bond acceptors (Lipinski definition) is 7. The van der Waals surface area contributed by atoms with Crippen LogP contribution in [0.2, 0.25) is 0 Å². The topological polar surface area (TPSA) is 107 Å². The molecule has 0 aromatic carbocycles. The van der Waals surface area contributed by atoms with E-state index < -0.39 is 0 Å². The Hall–Kier alpha value is -1.64. The van der Waals surface area contributed by atoms with E-state index in [2.05, 4.69) is 15.4 Å². The summed E-state index contributed by atoms with van der Waals surface area (Å²) in [5, 5.41) is 2.20. The first-order chi connectivity index (χ1) is 8.69. The summed E-state index contributed by atoms with van der Waals surface area (Å²) in [5.74, 6) is 5.83. The van der Waals surface area contributed by atoms with Crippen molar-refractivity contribution in [1.29, 1.82) is 0 Å². The molecule has 0 unspecified atom stereocenters. The molecule has 94 valence electrons. The van der Waals surface area contributed by atoms with Gasteiger partial charge in [-0.1, -0.05) is 0 Å². The van der Waals surface area contributed by atoms with Crippen LogP contribution in [-0.4, -0.2) is 15.9 Å². The van der Waals surface area contributed by atoms with Gasteiger partial charge in [0.25, 0.3) is 5.91 Å². The van der Waals surface area contributed by atoms with Crippen LogP contribution >= 0.6 is 23.1 Å². The van der Waals surface area contributed by atoms with Crippen LogP contribution < -0.4 is 17.0 Å². The second-order valence-corrected chi connectivity index (χ2v) is 5.23. The average Bonchev–Trinajstić information content (AvgIpc) is 2.86. The summed E-state index contributed by atoms with van der Waals surface area (Å²) in [6, 6.07) is 3.64. The molecule has 1 amide bonds. The lowest BCUT2D eigenvalue weighted by Gasteiger charge is -1.99. The third-order valence-corrected chi connectivity index (χ3v) is 3.93. The molecule has 0 bridgehead atoms. The maximum absolute atomic E-state index is 11.2. The number of nitrogen functional groups attached to an aromatic ring is 2. The fourth-order valence-electron chi connectivity index (χ4n) is 1.17. The Balaban J connectivity index is 1.96. The van der Waals surface area contributed by atoms with Crippen molar-refractivity contribution in [3.05, 3.63) is 34.4 Å². The summed E-state index contributed by atoms with van der Waals surface area (Å²) >= 11 is 2.85. The molecule has 2 aromatic heterocycles. The molecule has 18 heavy (non-hydrogen) atoms. The molecule has 0 aliphatic rings. The van der Waals surface area contributed by atoms with Gasteiger partial charge in [0.1, 0.15) is 5.82 Å². The molecule has 0 fully saturated rings. The Kier molecular flexibility index (Phi) is 4.13. The van der Waals surface area contributed by atoms with Gasteiger partial charge in [-0.3, -0.25) is 10.2 Å². The van der Waals surface area contributed by atoms with Gasteiger partial charge in [0.05, 0.1) is 5.69 Å². The molecule has 0 aliphatic carbocycles. The number of carbonyl (C=O) groups excluding carboxylic acids is 1. The summed E-state index contributed by atoms with van der Waals surface area (Å²) in [4.78, 5) is 20.4. The number of thiazole rings is 1. The van der Waals surface area contributed by atoms with Crippen molar-refractivity contribution < 1.29 is 4.79 Å². The van der Waals surface area contributed by atoms with E-state index in [4.69, 9.17) is 11.6 Å². The Labute approximate surface area is 112 Å². The highest BCUT2D eigenvalue weighted by atomic mass is 32.2. The van der Waals surface area contributed by atoms with E-state index in [9.17, 15) is 4.79 Å². The van der Waals surface area contributed by atoms with Gasteiger partial charge in [-0.25, -0.2) is 15.8 Å². The summed E-state index contributed by atoms with van der Waals surface area (Å²) in [6.07, 6.45) is 1.71. The lowest BCUT2D eigenvalue weighted by atomic mass is 10.5. The fraction of sp³-hybridized carbons (Fsp3) is 0.100. The van der Waals surface area contributed by atoms with Crippen LogP contribution in [0.1, 0.15) is 15.5 Å².